The molecule has 3 atom stereocenters. The number of para-hydroxylation sites is 1. The van der Waals surface area contributed by atoms with E-state index in [4.69, 9.17) is 4.74 Å². The molecule has 0 heterocycles. The summed E-state index contributed by atoms with van der Waals surface area (Å²) in [7, 11) is 0. The van der Waals surface area contributed by atoms with Gasteiger partial charge >= 0.3 is 0 Å². The van der Waals surface area contributed by atoms with Gasteiger partial charge in [0.1, 0.15) is 0 Å². The number of hydrogen-bond donors (Lipinski definition) is 2. The Morgan fingerprint density at radius 1 is 1.15 bits per heavy atom. The summed E-state index contributed by atoms with van der Waals surface area (Å²) in [5.74, 6) is 2.40. The molecule has 1 aromatic carbocycles. The Bertz CT molecular complexity index is 439. The van der Waals surface area contributed by atoms with Gasteiger partial charge in [-0.1, -0.05) is 52.8 Å². The highest BCUT2D eigenvalue weighted by atomic mass is 32.2. The van der Waals surface area contributed by atoms with Crippen molar-refractivity contribution < 1.29 is 4.74 Å². The van der Waals surface area contributed by atoms with E-state index >= 15 is 0 Å². The van der Waals surface area contributed by atoms with Gasteiger partial charge in [-0.3, -0.25) is 0 Å². The summed E-state index contributed by atoms with van der Waals surface area (Å²) in [5, 5.41) is 0. The SMILES string of the molecule is CC.CC(C)CC1CC(C)CCC1OCCCNSNc1ccccc1. The van der Waals surface area contributed by atoms with Crippen molar-refractivity contribution in [2.75, 3.05) is 17.9 Å². The Hall–Kier alpha value is -0.710. The van der Waals surface area contributed by atoms with Crippen LogP contribution in [-0.4, -0.2) is 19.3 Å². The number of benzene rings is 1. The first-order valence-corrected chi connectivity index (χ1v) is 11.3. The quantitative estimate of drug-likeness (QED) is 0.357. The molecule has 3 unspecified atom stereocenters. The lowest BCUT2D eigenvalue weighted by molar-refractivity contribution is -0.0277. The third-order valence-corrected chi connectivity index (χ3v) is 5.41. The predicted octanol–water partition coefficient (Wildman–Crippen LogP) is 6.54. The predicted molar refractivity (Wildman–Crippen MR) is 117 cm³/mol. The van der Waals surface area contributed by atoms with Gasteiger partial charge in [-0.25, -0.2) is 4.72 Å². The topological polar surface area (TPSA) is 33.3 Å². The monoisotopic (exact) mass is 380 g/mol. The van der Waals surface area contributed by atoms with Crippen LogP contribution in [0.4, 0.5) is 5.69 Å². The molecule has 0 saturated heterocycles. The molecular weight excluding hydrogens is 340 g/mol. The smallest absolute Gasteiger partial charge is 0.0603 e. The minimum Gasteiger partial charge on any atom is -0.378 e. The van der Waals surface area contributed by atoms with Crippen LogP contribution in [0, 0.1) is 17.8 Å². The first kappa shape index (κ1) is 23.3. The number of rotatable bonds is 10. The summed E-state index contributed by atoms with van der Waals surface area (Å²) >= 11 is 1.55. The van der Waals surface area contributed by atoms with Crippen LogP contribution >= 0.6 is 12.1 Å². The second-order valence-electron chi connectivity index (χ2n) is 7.54. The largest absolute Gasteiger partial charge is 0.378 e. The van der Waals surface area contributed by atoms with Crippen molar-refractivity contribution in [2.45, 2.75) is 72.8 Å². The second-order valence-corrected chi connectivity index (χ2v) is 8.23. The molecule has 2 N–H and O–H groups in total. The highest BCUT2D eigenvalue weighted by Crippen LogP contribution is 2.34. The zero-order chi connectivity index (χ0) is 19.2. The van der Waals surface area contributed by atoms with Crippen LogP contribution in [0.3, 0.4) is 0 Å². The summed E-state index contributed by atoms with van der Waals surface area (Å²) in [4.78, 5) is 0. The molecular formula is C22H40N2OS. The normalized spacial score (nSPS) is 22.6. The number of ether oxygens (including phenoxy) is 1. The van der Waals surface area contributed by atoms with Crippen molar-refractivity contribution >= 4 is 17.8 Å². The fraction of sp³-hybridized carbons (Fsp3) is 0.727. The van der Waals surface area contributed by atoms with Crippen LogP contribution in [-0.2, 0) is 4.74 Å². The standard InChI is InChI=1S/C20H34N2OS.C2H6/c1-16(2)14-18-15-17(3)10-11-20(18)23-13-7-12-21-24-22-19-8-5-4-6-9-19;1-2/h4-6,8-9,16-18,20-22H,7,10-15H2,1-3H3;1-2H3. The molecule has 0 amide bonds. The van der Waals surface area contributed by atoms with Gasteiger partial charge in [-0.05, 0) is 62.0 Å². The maximum absolute atomic E-state index is 6.24. The first-order chi connectivity index (χ1) is 12.6. The molecule has 0 bridgehead atoms. The van der Waals surface area contributed by atoms with Crippen LogP contribution in [0.15, 0.2) is 30.3 Å². The van der Waals surface area contributed by atoms with Crippen molar-refractivity contribution in [2.24, 2.45) is 17.8 Å². The van der Waals surface area contributed by atoms with E-state index in [1.807, 2.05) is 32.0 Å². The van der Waals surface area contributed by atoms with E-state index in [0.717, 1.165) is 43.0 Å². The summed E-state index contributed by atoms with van der Waals surface area (Å²) in [6, 6.07) is 10.2. The van der Waals surface area contributed by atoms with Crippen molar-refractivity contribution in [3.8, 4) is 0 Å². The molecule has 1 saturated carbocycles. The van der Waals surface area contributed by atoms with Gasteiger partial charge in [0, 0.05) is 31.0 Å². The minimum absolute atomic E-state index is 0.485. The lowest BCUT2D eigenvalue weighted by atomic mass is 9.76. The molecule has 1 fully saturated rings. The third-order valence-electron chi connectivity index (χ3n) is 4.72. The summed E-state index contributed by atoms with van der Waals surface area (Å²) < 4.78 is 12.9. The van der Waals surface area contributed by atoms with Crippen molar-refractivity contribution in [3.63, 3.8) is 0 Å². The Morgan fingerprint density at radius 3 is 2.58 bits per heavy atom. The van der Waals surface area contributed by atoms with E-state index in [0.29, 0.717) is 6.10 Å². The molecule has 0 aliphatic heterocycles. The average Bonchev–Trinajstić information content (AvgIpc) is 2.64. The van der Waals surface area contributed by atoms with E-state index < -0.39 is 0 Å². The van der Waals surface area contributed by atoms with E-state index in [1.165, 1.54) is 25.7 Å². The lowest BCUT2D eigenvalue weighted by Crippen LogP contribution is -2.32. The molecule has 3 nitrogen and oxygen atoms in total. The Labute approximate surface area is 166 Å². The van der Waals surface area contributed by atoms with E-state index in [1.54, 1.807) is 12.1 Å². The highest BCUT2D eigenvalue weighted by molar-refractivity contribution is 7.98. The van der Waals surface area contributed by atoms with Crippen LogP contribution < -0.4 is 9.44 Å². The zero-order valence-electron chi connectivity index (χ0n) is 17.5. The molecule has 4 heteroatoms. The van der Waals surface area contributed by atoms with Gasteiger partial charge in [0.05, 0.1) is 6.10 Å². The summed E-state index contributed by atoms with van der Waals surface area (Å²) in [6.07, 6.45) is 6.77. The highest BCUT2D eigenvalue weighted by Gasteiger charge is 2.29. The molecule has 2 rings (SSSR count). The summed E-state index contributed by atoms with van der Waals surface area (Å²) in [5.41, 5.74) is 1.12. The fourth-order valence-corrected chi connectivity index (χ4v) is 4.15. The Morgan fingerprint density at radius 2 is 1.88 bits per heavy atom. The molecule has 0 radical (unpaired) electrons. The number of hydrogen-bond acceptors (Lipinski definition) is 4. The molecule has 1 aliphatic carbocycles. The third kappa shape index (κ3) is 9.84. The molecule has 0 aromatic heterocycles. The van der Waals surface area contributed by atoms with Gasteiger partial charge in [0.15, 0.2) is 0 Å². The number of nitrogens with one attached hydrogen (secondary N) is 2. The first-order valence-electron chi connectivity index (χ1n) is 10.5. The van der Waals surface area contributed by atoms with E-state index in [2.05, 4.69) is 42.3 Å². The van der Waals surface area contributed by atoms with Gasteiger partial charge in [0.2, 0.25) is 0 Å². The van der Waals surface area contributed by atoms with Gasteiger partial charge < -0.3 is 9.46 Å². The van der Waals surface area contributed by atoms with Crippen LogP contribution in [0.2, 0.25) is 0 Å². The van der Waals surface area contributed by atoms with E-state index in [-0.39, 0.29) is 0 Å². The Kier molecular flexibility index (Phi) is 12.9. The zero-order valence-corrected chi connectivity index (χ0v) is 18.3. The van der Waals surface area contributed by atoms with Crippen LogP contribution in [0.1, 0.15) is 66.7 Å². The van der Waals surface area contributed by atoms with Crippen molar-refractivity contribution in [3.05, 3.63) is 30.3 Å². The van der Waals surface area contributed by atoms with Crippen LogP contribution in [0.5, 0.6) is 0 Å². The van der Waals surface area contributed by atoms with E-state index in [9.17, 15) is 0 Å². The lowest BCUT2D eigenvalue weighted by Gasteiger charge is -2.35. The molecule has 150 valence electrons. The minimum atomic E-state index is 0.485. The molecule has 1 aromatic rings. The van der Waals surface area contributed by atoms with Crippen LogP contribution in [0.25, 0.3) is 0 Å². The summed E-state index contributed by atoms with van der Waals surface area (Å²) in [6.45, 7) is 12.9. The van der Waals surface area contributed by atoms with Crippen molar-refractivity contribution in [1.82, 2.24) is 4.72 Å². The molecule has 26 heavy (non-hydrogen) atoms. The van der Waals surface area contributed by atoms with Gasteiger partial charge in [-0.15, -0.1) is 0 Å². The maximum atomic E-state index is 6.24. The number of anilines is 1. The molecule has 0 spiro atoms. The second kappa shape index (κ2) is 14.4. The van der Waals surface area contributed by atoms with Gasteiger partial charge in [-0.2, -0.15) is 0 Å². The average molecular weight is 381 g/mol. The molecule has 1 aliphatic rings. The Balaban J connectivity index is 0.00000163. The maximum Gasteiger partial charge on any atom is 0.0603 e. The fourth-order valence-electron chi connectivity index (χ4n) is 3.58. The van der Waals surface area contributed by atoms with Gasteiger partial charge in [0.25, 0.3) is 0 Å². The van der Waals surface area contributed by atoms with Crippen molar-refractivity contribution in [1.29, 1.82) is 0 Å².